The molecule has 13 heteroatoms. The minimum Gasteiger partial charge on any atom is -0.497 e. The van der Waals surface area contributed by atoms with Gasteiger partial charge in [-0.1, -0.05) is 6.07 Å². The van der Waals surface area contributed by atoms with Gasteiger partial charge in [-0.05, 0) is 66.8 Å². The third-order valence-corrected chi connectivity index (χ3v) is 9.24. The molecule has 11 nitrogen and oxygen atoms in total. The molecule has 0 saturated carbocycles. The van der Waals surface area contributed by atoms with Gasteiger partial charge in [0, 0.05) is 23.0 Å². The van der Waals surface area contributed by atoms with E-state index < -0.39 is 21.1 Å². The van der Waals surface area contributed by atoms with Gasteiger partial charge in [0.1, 0.15) is 17.0 Å². The lowest BCUT2D eigenvalue weighted by molar-refractivity contribution is -0.143. The summed E-state index contributed by atoms with van der Waals surface area (Å²) in [5.74, 6) is -0.379. The van der Waals surface area contributed by atoms with Gasteiger partial charge < -0.3 is 24.8 Å². The molecule has 0 aliphatic heterocycles. The molecule has 36 heavy (non-hydrogen) atoms. The summed E-state index contributed by atoms with van der Waals surface area (Å²) in [5.41, 5.74) is 10.3. The van der Waals surface area contributed by atoms with Gasteiger partial charge in [-0.3, -0.25) is 9.55 Å². The zero-order valence-electron chi connectivity index (χ0n) is 19.5. The van der Waals surface area contributed by atoms with Gasteiger partial charge in [0.05, 0.1) is 12.6 Å². The fourth-order valence-corrected chi connectivity index (χ4v) is 6.65. The monoisotopic (exact) mass is 533 g/mol. The summed E-state index contributed by atoms with van der Waals surface area (Å²) in [6.45, 7) is 2.04. The first-order valence-electron chi connectivity index (χ1n) is 10.8. The Bertz CT molecular complexity index is 1540. The van der Waals surface area contributed by atoms with Crippen molar-refractivity contribution in [1.29, 1.82) is 0 Å². The predicted octanol–water partition coefficient (Wildman–Crippen LogP) is 4.66. The summed E-state index contributed by atoms with van der Waals surface area (Å²) in [5, 5.41) is 10.4. The summed E-state index contributed by atoms with van der Waals surface area (Å²) in [6, 6.07) is 12.4. The van der Waals surface area contributed by atoms with Crippen LogP contribution in [0.5, 0.6) is 11.5 Å². The molecule has 0 radical (unpaired) electrons. The van der Waals surface area contributed by atoms with E-state index in [1.807, 2.05) is 31.2 Å². The van der Waals surface area contributed by atoms with Crippen LogP contribution in [0.15, 0.2) is 48.7 Å². The first kappa shape index (κ1) is 26.0. The third kappa shape index (κ3) is 5.84. The van der Waals surface area contributed by atoms with E-state index in [4.69, 9.17) is 30.0 Å². The van der Waals surface area contributed by atoms with Crippen LogP contribution in [0.25, 0.3) is 21.8 Å². The van der Waals surface area contributed by atoms with Gasteiger partial charge in [0.2, 0.25) is 0 Å². The number of hydrogen-bond acceptors (Lipinski definition) is 9. The SMILES string of the molecule is COc1ccc(CCc2cnc3c(N)nc4cc(OP(=O)(CP(=O)(O)O)OO)ccc4c3c2)c(C)c1. The minimum absolute atomic E-state index is 0.0707. The lowest BCUT2D eigenvalue weighted by Crippen LogP contribution is -2.02. The van der Waals surface area contributed by atoms with Crippen LogP contribution in [-0.2, 0) is 26.6 Å². The second kappa shape index (κ2) is 10.1. The fraction of sp³-hybridized carbons (Fsp3) is 0.217. The molecule has 0 bridgehead atoms. The molecule has 0 spiro atoms. The van der Waals surface area contributed by atoms with E-state index in [0.29, 0.717) is 16.4 Å². The Morgan fingerprint density at radius 3 is 2.42 bits per heavy atom. The topological polar surface area (TPSA) is 174 Å². The normalized spacial score (nSPS) is 13.6. The molecule has 1 unspecified atom stereocenters. The van der Waals surface area contributed by atoms with Crippen molar-refractivity contribution in [2.24, 2.45) is 0 Å². The van der Waals surface area contributed by atoms with E-state index >= 15 is 0 Å². The van der Waals surface area contributed by atoms with Crippen molar-refractivity contribution in [3.8, 4) is 11.5 Å². The maximum atomic E-state index is 12.4. The van der Waals surface area contributed by atoms with E-state index in [1.165, 1.54) is 17.7 Å². The van der Waals surface area contributed by atoms with Crippen molar-refractivity contribution < 1.29 is 38.1 Å². The number of ether oxygens (including phenoxy) is 1. The van der Waals surface area contributed by atoms with Crippen molar-refractivity contribution in [3.63, 3.8) is 0 Å². The van der Waals surface area contributed by atoms with Crippen molar-refractivity contribution >= 4 is 42.8 Å². The molecular weight excluding hydrogens is 508 g/mol. The first-order valence-corrected chi connectivity index (χ1v) is 14.3. The number of fused-ring (bicyclic) bond motifs is 3. The van der Waals surface area contributed by atoms with E-state index in [1.54, 1.807) is 19.4 Å². The van der Waals surface area contributed by atoms with Crippen LogP contribution in [0.4, 0.5) is 5.82 Å². The molecule has 0 aliphatic rings. The molecule has 0 amide bonds. The highest BCUT2D eigenvalue weighted by molar-refractivity contribution is 7.70. The standard InChI is InChI=1S/C23H25N3O8P2/c1-14-9-17(32-2)6-5-16(14)4-3-15-10-20-19-8-7-18(33-36(31,34-27)13-35(28,29)30)11-21(19)26-23(24)22(20)25-12-15/h5-12,27H,3-4,13H2,1-2H3,(H2,24,26)(H2,28,29,30). The maximum Gasteiger partial charge on any atom is 0.417 e. The zero-order chi connectivity index (χ0) is 26.1. The average molecular weight is 533 g/mol. The molecule has 1 atom stereocenters. The Labute approximate surface area is 206 Å². The minimum atomic E-state index is -4.79. The second-order valence-corrected chi connectivity index (χ2v) is 12.3. The van der Waals surface area contributed by atoms with Gasteiger partial charge in [-0.15, -0.1) is 4.67 Å². The van der Waals surface area contributed by atoms with Crippen LogP contribution >= 0.6 is 15.2 Å². The lowest BCUT2D eigenvalue weighted by atomic mass is 9.99. The van der Waals surface area contributed by atoms with Gasteiger partial charge in [0.15, 0.2) is 11.7 Å². The highest BCUT2D eigenvalue weighted by Crippen LogP contribution is 2.58. The molecule has 0 saturated heterocycles. The molecule has 2 aromatic heterocycles. The van der Waals surface area contributed by atoms with Crippen LogP contribution in [0.2, 0.25) is 0 Å². The van der Waals surface area contributed by atoms with Crippen LogP contribution in [0.1, 0.15) is 16.7 Å². The molecule has 0 fully saturated rings. The lowest BCUT2D eigenvalue weighted by Gasteiger charge is -2.16. The smallest absolute Gasteiger partial charge is 0.417 e. The molecule has 190 valence electrons. The molecule has 2 aromatic carbocycles. The van der Waals surface area contributed by atoms with Gasteiger partial charge in [0.25, 0.3) is 0 Å². The van der Waals surface area contributed by atoms with Gasteiger partial charge in [-0.25, -0.2) is 14.8 Å². The summed E-state index contributed by atoms with van der Waals surface area (Å²) in [7, 11) is -7.68. The van der Waals surface area contributed by atoms with Crippen molar-refractivity contribution in [2.75, 3.05) is 18.7 Å². The summed E-state index contributed by atoms with van der Waals surface area (Å²) >= 11 is 0. The van der Waals surface area contributed by atoms with E-state index in [-0.39, 0.29) is 11.6 Å². The van der Waals surface area contributed by atoms with Crippen LogP contribution < -0.4 is 15.0 Å². The number of nitrogen functional groups attached to an aromatic ring is 1. The number of aryl methyl sites for hydroxylation is 3. The van der Waals surface area contributed by atoms with Crippen LogP contribution in [-0.4, -0.2) is 38.0 Å². The Morgan fingerprint density at radius 2 is 1.75 bits per heavy atom. The number of anilines is 1. The fourth-order valence-electron chi connectivity index (χ4n) is 3.94. The number of nitrogens with two attached hydrogens (primary N) is 1. The number of nitrogens with zero attached hydrogens (tertiary/aromatic N) is 2. The number of rotatable bonds is 9. The quantitative estimate of drug-likeness (QED) is 0.102. The summed E-state index contributed by atoms with van der Waals surface area (Å²) in [6.07, 6.45) is 3.30. The highest BCUT2D eigenvalue weighted by atomic mass is 31.2. The van der Waals surface area contributed by atoms with Gasteiger partial charge in [-0.2, -0.15) is 0 Å². The molecule has 5 N–H and O–H groups in total. The predicted molar refractivity (Wildman–Crippen MR) is 135 cm³/mol. The van der Waals surface area contributed by atoms with E-state index in [9.17, 15) is 9.13 Å². The molecule has 2 heterocycles. The Kier molecular flexibility index (Phi) is 7.33. The van der Waals surface area contributed by atoms with Crippen LogP contribution in [0.3, 0.4) is 0 Å². The largest absolute Gasteiger partial charge is 0.497 e. The zero-order valence-corrected chi connectivity index (χ0v) is 21.3. The Morgan fingerprint density at radius 1 is 1.00 bits per heavy atom. The van der Waals surface area contributed by atoms with E-state index in [0.717, 1.165) is 35.1 Å². The number of pyridine rings is 2. The summed E-state index contributed by atoms with van der Waals surface area (Å²) < 4.78 is 37.8. The van der Waals surface area contributed by atoms with Crippen LogP contribution in [0, 0.1) is 6.92 Å². The van der Waals surface area contributed by atoms with Crippen molar-refractivity contribution in [3.05, 3.63) is 65.4 Å². The molecule has 4 aromatic rings. The Balaban J connectivity index is 1.65. The van der Waals surface area contributed by atoms with Gasteiger partial charge >= 0.3 is 15.2 Å². The second-order valence-electron chi connectivity index (χ2n) is 8.30. The van der Waals surface area contributed by atoms with E-state index in [2.05, 4.69) is 14.6 Å². The summed E-state index contributed by atoms with van der Waals surface area (Å²) in [4.78, 5) is 27.0. The third-order valence-electron chi connectivity index (χ3n) is 5.65. The Hall–Kier alpha value is -3.04. The maximum absolute atomic E-state index is 12.4. The average Bonchev–Trinajstić information content (AvgIpc) is 2.82. The van der Waals surface area contributed by atoms with Crippen molar-refractivity contribution in [2.45, 2.75) is 19.8 Å². The number of methoxy groups -OCH3 is 1. The molecule has 0 aliphatic carbocycles. The highest BCUT2D eigenvalue weighted by Gasteiger charge is 2.36. The van der Waals surface area contributed by atoms with Crippen molar-refractivity contribution in [1.82, 2.24) is 9.97 Å². The molecule has 4 rings (SSSR count). The number of aromatic nitrogens is 2. The number of hydrogen-bond donors (Lipinski definition) is 4. The molecular formula is C23H25N3O8P2. The first-order chi connectivity index (χ1) is 17.0. The number of benzene rings is 2.